The zero-order valence-electron chi connectivity index (χ0n) is 9.28. The van der Waals surface area contributed by atoms with Crippen LogP contribution in [0.2, 0.25) is 0 Å². The lowest BCUT2D eigenvalue weighted by Gasteiger charge is -2.22. The number of hydrogen-bond acceptors (Lipinski definition) is 3. The molecule has 0 aliphatic carbocycles. The van der Waals surface area contributed by atoms with Gasteiger partial charge in [-0.25, -0.2) is 0 Å². The van der Waals surface area contributed by atoms with Crippen LogP contribution in [0.25, 0.3) is 0 Å². The zero-order chi connectivity index (χ0) is 10.5. The Morgan fingerprint density at radius 1 is 1.60 bits per heavy atom. The molecule has 4 nitrogen and oxygen atoms in total. The zero-order valence-corrected chi connectivity index (χ0v) is 9.28. The fourth-order valence-corrected chi connectivity index (χ4v) is 1.86. The summed E-state index contributed by atoms with van der Waals surface area (Å²) in [5.41, 5.74) is 0. The summed E-state index contributed by atoms with van der Waals surface area (Å²) < 4.78 is 7.56. The average Bonchev–Trinajstić information content (AvgIpc) is 2.76. The van der Waals surface area contributed by atoms with Gasteiger partial charge in [-0.15, -0.1) is 0 Å². The van der Waals surface area contributed by atoms with Crippen molar-refractivity contribution in [2.45, 2.75) is 38.8 Å². The molecule has 2 heterocycles. The molecular weight excluding hydrogens is 190 g/mol. The standard InChI is InChI=1S/C11H19N3O/c1-2-14-8-11(7-13-14)15-9-10-5-3-4-6-12-10/h7-8,10,12H,2-6,9H2,1H3. The van der Waals surface area contributed by atoms with Crippen LogP contribution in [0.3, 0.4) is 0 Å². The minimum atomic E-state index is 0.517. The molecule has 1 aliphatic heterocycles. The van der Waals surface area contributed by atoms with E-state index in [0.717, 1.165) is 25.4 Å². The molecule has 0 bridgehead atoms. The van der Waals surface area contributed by atoms with Gasteiger partial charge in [0.2, 0.25) is 0 Å². The highest BCUT2D eigenvalue weighted by Gasteiger charge is 2.13. The van der Waals surface area contributed by atoms with Gasteiger partial charge in [-0.3, -0.25) is 4.68 Å². The minimum Gasteiger partial charge on any atom is -0.489 e. The molecule has 0 saturated carbocycles. The van der Waals surface area contributed by atoms with Gasteiger partial charge in [-0.2, -0.15) is 5.10 Å². The summed E-state index contributed by atoms with van der Waals surface area (Å²) in [6, 6.07) is 0.517. The molecule has 1 fully saturated rings. The van der Waals surface area contributed by atoms with E-state index in [4.69, 9.17) is 4.74 Å². The first-order valence-electron chi connectivity index (χ1n) is 5.77. The number of nitrogens with zero attached hydrogens (tertiary/aromatic N) is 2. The van der Waals surface area contributed by atoms with Crippen molar-refractivity contribution in [3.63, 3.8) is 0 Å². The summed E-state index contributed by atoms with van der Waals surface area (Å²) in [5.74, 6) is 0.879. The molecule has 4 heteroatoms. The first-order chi connectivity index (χ1) is 7.38. The predicted octanol–water partition coefficient (Wildman–Crippen LogP) is 1.42. The van der Waals surface area contributed by atoms with E-state index in [0.29, 0.717) is 6.04 Å². The third-order valence-corrected chi connectivity index (χ3v) is 2.80. The van der Waals surface area contributed by atoms with Gasteiger partial charge in [0.15, 0.2) is 5.75 Å². The Balaban J connectivity index is 1.76. The van der Waals surface area contributed by atoms with Crippen LogP contribution in [0.4, 0.5) is 0 Å². The first kappa shape index (κ1) is 10.5. The van der Waals surface area contributed by atoms with E-state index in [1.54, 1.807) is 6.20 Å². The quantitative estimate of drug-likeness (QED) is 0.815. The number of piperidine rings is 1. The van der Waals surface area contributed by atoms with Gasteiger partial charge < -0.3 is 10.1 Å². The van der Waals surface area contributed by atoms with Crippen LogP contribution < -0.4 is 10.1 Å². The lowest BCUT2D eigenvalue weighted by molar-refractivity contribution is 0.239. The third-order valence-electron chi connectivity index (χ3n) is 2.80. The van der Waals surface area contributed by atoms with Crippen LogP contribution in [0.5, 0.6) is 5.75 Å². The maximum absolute atomic E-state index is 5.68. The number of aryl methyl sites for hydroxylation is 1. The molecule has 1 aromatic heterocycles. The molecule has 0 amide bonds. The molecule has 84 valence electrons. The summed E-state index contributed by atoms with van der Waals surface area (Å²) in [6.07, 6.45) is 7.57. The van der Waals surface area contributed by atoms with E-state index in [1.165, 1.54) is 19.3 Å². The summed E-state index contributed by atoms with van der Waals surface area (Å²) >= 11 is 0. The van der Waals surface area contributed by atoms with Crippen molar-refractivity contribution in [2.75, 3.05) is 13.2 Å². The van der Waals surface area contributed by atoms with E-state index < -0.39 is 0 Å². The van der Waals surface area contributed by atoms with Crippen LogP contribution in [0.15, 0.2) is 12.4 Å². The molecule has 1 unspecified atom stereocenters. The topological polar surface area (TPSA) is 39.1 Å². The molecule has 1 aromatic rings. The second-order valence-corrected chi connectivity index (χ2v) is 3.99. The first-order valence-corrected chi connectivity index (χ1v) is 5.77. The summed E-state index contributed by atoms with van der Waals surface area (Å²) in [5, 5.41) is 7.63. The number of ether oxygens (including phenoxy) is 1. The molecule has 0 aromatic carbocycles. The maximum Gasteiger partial charge on any atom is 0.157 e. The van der Waals surface area contributed by atoms with Crippen LogP contribution >= 0.6 is 0 Å². The molecular formula is C11H19N3O. The van der Waals surface area contributed by atoms with Crippen molar-refractivity contribution in [3.05, 3.63) is 12.4 Å². The smallest absolute Gasteiger partial charge is 0.157 e. The Bertz CT molecular complexity index is 292. The van der Waals surface area contributed by atoms with Crippen LogP contribution in [0.1, 0.15) is 26.2 Å². The van der Waals surface area contributed by atoms with E-state index in [2.05, 4.69) is 17.3 Å². The van der Waals surface area contributed by atoms with E-state index >= 15 is 0 Å². The molecule has 15 heavy (non-hydrogen) atoms. The van der Waals surface area contributed by atoms with Crippen LogP contribution in [-0.4, -0.2) is 29.0 Å². The van der Waals surface area contributed by atoms with Gasteiger partial charge >= 0.3 is 0 Å². The van der Waals surface area contributed by atoms with Gasteiger partial charge in [0.1, 0.15) is 6.61 Å². The number of aromatic nitrogens is 2. The van der Waals surface area contributed by atoms with Crippen LogP contribution in [-0.2, 0) is 6.54 Å². The van der Waals surface area contributed by atoms with E-state index in [9.17, 15) is 0 Å². The predicted molar refractivity (Wildman–Crippen MR) is 59.0 cm³/mol. The molecule has 0 radical (unpaired) electrons. The van der Waals surface area contributed by atoms with Gasteiger partial charge in [-0.05, 0) is 26.3 Å². The van der Waals surface area contributed by atoms with Gasteiger partial charge in [-0.1, -0.05) is 6.42 Å². The lowest BCUT2D eigenvalue weighted by Crippen LogP contribution is -2.38. The highest BCUT2D eigenvalue weighted by Crippen LogP contribution is 2.11. The van der Waals surface area contributed by atoms with E-state index in [1.807, 2.05) is 10.9 Å². The van der Waals surface area contributed by atoms with Gasteiger partial charge in [0.05, 0.1) is 12.4 Å². The van der Waals surface area contributed by atoms with Gasteiger partial charge in [0, 0.05) is 12.6 Å². The monoisotopic (exact) mass is 209 g/mol. The van der Waals surface area contributed by atoms with Crippen molar-refractivity contribution in [1.82, 2.24) is 15.1 Å². The number of hydrogen-bond donors (Lipinski definition) is 1. The third kappa shape index (κ3) is 2.96. The Hall–Kier alpha value is -1.03. The maximum atomic E-state index is 5.68. The lowest BCUT2D eigenvalue weighted by atomic mass is 10.1. The Morgan fingerprint density at radius 3 is 3.20 bits per heavy atom. The highest BCUT2D eigenvalue weighted by molar-refractivity contribution is 5.11. The van der Waals surface area contributed by atoms with Crippen molar-refractivity contribution >= 4 is 0 Å². The molecule has 2 rings (SSSR count). The van der Waals surface area contributed by atoms with E-state index in [-0.39, 0.29) is 0 Å². The summed E-state index contributed by atoms with van der Waals surface area (Å²) in [7, 11) is 0. The van der Waals surface area contributed by atoms with Crippen molar-refractivity contribution < 1.29 is 4.74 Å². The Labute approximate surface area is 90.6 Å². The summed E-state index contributed by atoms with van der Waals surface area (Å²) in [4.78, 5) is 0. The SMILES string of the molecule is CCn1cc(OCC2CCCCN2)cn1. The Morgan fingerprint density at radius 2 is 2.53 bits per heavy atom. The minimum absolute atomic E-state index is 0.517. The molecule has 1 saturated heterocycles. The number of rotatable bonds is 4. The average molecular weight is 209 g/mol. The van der Waals surface area contributed by atoms with Crippen molar-refractivity contribution in [1.29, 1.82) is 0 Å². The molecule has 1 aliphatic rings. The fraction of sp³-hybridized carbons (Fsp3) is 0.727. The van der Waals surface area contributed by atoms with Crippen LogP contribution in [0, 0.1) is 0 Å². The highest BCUT2D eigenvalue weighted by atomic mass is 16.5. The Kier molecular flexibility index (Phi) is 3.61. The summed E-state index contributed by atoms with van der Waals surface area (Å²) in [6.45, 7) is 4.85. The second-order valence-electron chi connectivity index (χ2n) is 3.99. The van der Waals surface area contributed by atoms with Crippen molar-refractivity contribution in [2.24, 2.45) is 0 Å². The second kappa shape index (κ2) is 5.16. The van der Waals surface area contributed by atoms with Crippen molar-refractivity contribution in [3.8, 4) is 5.75 Å². The largest absolute Gasteiger partial charge is 0.489 e. The molecule has 1 N–H and O–H groups in total. The normalized spacial score (nSPS) is 21.5. The number of nitrogens with one attached hydrogen (secondary N) is 1. The van der Waals surface area contributed by atoms with Gasteiger partial charge in [0.25, 0.3) is 0 Å². The molecule has 0 spiro atoms. The fourth-order valence-electron chi connectivity index (χ4n) is 1.86. The molecule has 1 atom stereocenters.